The van der Waals surface area contributed by atoms with Crippen LogP contribution < -0.4 is 0 Å². The summed E-state index contributed by atoms with van der Waals surface area (Å²) < 4.78 is 1.66. The molecule has 0 fully saturated rings. The molecule has 0 atom stereocenters. The van der Waals surface area contributed by atoms with Crippen molar-refractivity contribution in [2.75, 3.05) is 0 Å². The van der Waals surface area contributed by atoms with Crippen molar-refractivity contribution in [3.05, 3.63) is 47.9 Å². The van der Waals surface area contributed by atoms with E-state index in [0.29, 0.717) is 16.5 Å². The third-order valence-corrected chi connectivity index (χ3v) is 2.55. The summed E-state index contributed by atoms with van der Waals surface area (Å²) in [6, 6.07) is 7.35. The van der Waals surface area contributed by atoms with E-state index in [1.165, 1.54) is 0 Å². The molecule has 3 rings (SSSR count). The maximum Gasteiger partial charge on any atom is 0.182 e. The average molecular weight is 231 g/mol. The van der Waals surface area contributed by atoms with Crippen LogP contribution in [0.5, 0.6) is 0 Å². The van der Waals surface area contributed by atoms with E-state index in [9.17, 15) is 0 Å². The van der Waals surface area contributed by atoms with Crippen LogP contribution in [0.1, 0.15) is 0 Å². The van der Waals surface area contributed by atoms with Crippen LogP contribution in [0.15, 0.2) is 42.9 Å². The molecule has 78 valence electrons. The largest absolute Gasteiger partial charge is 0.265 e. The van der Waals surface area contributed by atoms with E-state index in [-0.39, 0.29) is 0 Å². The molecule has 0 aliphatic carbocycles. The van der Waals surface area contributed by atoms with Gasteiger partial charge in [-0.3, -0.25) is 4.98 Å². The molecule has 0 aliphatic heterocycles. The molecule has 0 aliphatic rings. The predicted molar refractivity (Wildman–Crippen MR) is 61.2 cm³/mol. The van der Waals surface area contributed by atoms with E-state index >= 15 is 0 Å². The van der Waals surface area contributed by atoms with Gasteiger partial charge in [0.15, 0.2) is 11.5 Å². The van der Waals surface area contributed by atoms with Crippen LogP contribution in [0.4, 0.5) is 0 Å². The van der Waals surface area contributed by atoms with Crippen LogP contribution in [0, 0.1) is 0 Å². The Labute approximate surface area is 96.5 Å². The van der Waals surface area contributed by atoms with Crippen LogP contribution in [0.2, 0.25) is 5.02 Å². The van der Waals surface area contributed by atoms with Gasteiger partial charge in [0.05, 0.1) is 5.02 Å². The smallest absolute Gasteiger partial charge is 0.182 e. The van der Waals surface area contributed by atoms with Crippen molar-refractivity contribution in [2.24, 2.45) is 0 Å². The van der Waals surface area contributed by atoms with Crippen LogP contribution in [-0.2, 0) is 0 Å². The number of hydrogen-bond acceptors (Lipinski definition) is 3. The number of pyridine rings is 2. The Balaban J connectivity index is 2.23. The van der Waals surface area contributed by atoms with Gasteiger partial charge in [0.2, 0.25) is 0 Å². The van der Waals surface area contributed by atoms with E-state index in [2.05, 4.69) is 15.1 Å². The quantitative estimate of drug-likeness (QED) is 0.645. The van der Waals surface area contributed by atoms with Gasteiger partial charge in [0.1, 0.15) is 0 Å². The molecule has 3 heterocycles. The Morgan fingerprint density at radius 2 is 1.94 bits per heavy atom. The minimum absolute atomic E-state index is 0.593. The molecule has 0 amide bonds. The second-order valence-electron chi connectivity index (χ2n) is 3.30. The zero-order valence-corrected chi connectivity index (χ0v) is 8.96. The number of nitrogens with zero attached hydrogens (tertiary/aromatic N) is 4. The second-order valence-corrected chi connectivity index (χ2v) is 3.70. The Morgan fingerprint density at radius 1 is 1.12 bits per heavy atom. The molecule has 0 saturated carbocycles. The maximum absolute atomic E-state index is 6.02. The summed E-state index contributed by atoms with van der Waals surface area (Å²) >= 11 is 6.02. The molecule has 0 spiro atoms. The molecule has 0 aromatic carbocycles. The number of rotatable bonds is 1. The van der Waals surface area contributed by atoms with E-state index in [1.54, 1.807) is 23.0 Å². The first-order valence-electron chi connectivity index (χ1n) is 4.76. The predicted octanol–water partition coefficient (Wildman–Crippen LogP) is 2.44. The van der Waals surface area contributed by atoms with Crippen LogP contribution in [0.3, 0.4) is 0 Å². The lowest BCUT2D eigenvalue weighted by Crippen LogP contribution is -1.86. The van der Waals surface area contributed by atoms with Crippen molar-refractivity contribution in [3.63, 3.8) is 0 Å². The highest BCUT2D eigenvalue weighted by Crippen LogP contribution is 2.19. The number of fused-ring (bicyclic) bond motifs is 1. The highest BCUT2D eigenvalue weighted by atomic mass is 35.5. The summed E-state index contributed by atoms with van der Waals surface area (Å²) in [6.45, 7) is 0. The van der Waals surface area contributed by atoms with E-state index in [4.69, 9.17) is 11.6 Å². The average Bonchev–Trinajstić information content (AvgIpc) is 2.76. The first kappa shape index (κ1) is 9.30. The molecule has 5 heteroatoms. The van der Waals surface area contributed by atoms with Crippen molar-refractivity contribution >= 4 is 17.2 Å². The summed E-state index contributed by atoms with van der Waals surface area (Å²) in [4.78, 5) is 8.33. The van der Waals surface area contributed by atoms with E-state index in [0.717, 1.165) is 5.56 Å². The van der Waals surface area contributed by atoms with Gasteiger partial charge in [-0.25, -0.2) is 9.50 Å². The molecule has 0 radical (unpaired) electrons. The summed E-state index contributed by atoms with van der Waals surface area (Å²) in [5.41, 5.74) is 1.59. The molecule has 0 bridgehead atoms. The van der Waals surface area contributed by atoms with Gasteiger partial charge in [-0.15, -0.1) is 5.10 Å². The van der Waals surface area contributed by atoms with Gasteiger partial charge in [-0.05, 0) is 24.3 Å². The van der Waals surface area contributed by atoms with Gasteiger partial charge in [0, 0.05) is 24.2 Å². The van der Waals surface area contributed by atoms with Gasteiger partial charge in [-0.1, -0.05) is 11.6 Å². The van der Waals surface area contributed by atoms with Gasteiger partial charge >= 0.3 is 0 Å². The van der Waals surface area contributed by atoms with Crippen molar-refractivity contribution in [3.8, 4) is 11.4 Å². The lowest BCUT2D eigenvalue weighted by Gasteiger charge is -1.90. The fraction of sp³-hybridized carbons (Fsp3) is 0. The lowest BCUT2D eigenvalue weighted by atomic mass is 10.3. The van der Waals surface area contributed by atoms with Gasteiger partial charge in [0.25, 0.3) is 0 Å². The Kier molecular flexibility index (Phi) is 2.08. The number of halogens is 1. The molecule has 3 aromatic rings. The van der Waals surface area contributed by atoms with Gasteiger partial charge in [-0.2, -0.15) is 0 Å². The molecular weight excluding hydrogens is 224 g/mol. The van der Waals surface area contributed by atoms with Crippen molar-refractivity contribution in [1.29, 1.82) is 0 Å². The summed E-state index contributed by atoms with van der Waals surface area (Å²) in [6.07, 6.45) is 5.24. The van der Waals surface area contributed by atoms with Crippen molar-refractivity contribution in [2.45, 2.75) is 0 Å². The number of hydrogen-bond donors (Lipinski definition) is 0. The molecule has 16 heavy (non-hydrogen) atoms. The molecule has 0 saturated heterocycles. The molecular formula is C11H7ClN4. The first-order valence-corrected chi connectivity index (χ1v) is 5.14. The fourth-order valence-corrected chi connectivity index (χ4v) is 1.70. The monoisotopic (exact) mass is 230 g/mol. The fourth-order valence-electron chi connectivity index (χ4n) is 1.50. The molecule has 4 nitrogen and oxygen atoms in total. The highest BCUT2D eigenvalue weighted by molar-refractivity contribution is 6.33. The normalized spacial score (nSPS) is 10.8. The third kappa shape index (κ3) is 1.44. The highest BCUT2D eigenvalue weighted by Gasteiger charge is 2.07. The van der Waals surface area contributed by atoms with Crippen LogP contribution >= 0.6 is 11.6 Å². The molecule has 0 unspecified atom stereocenters. The summed E-state index contributed by atoms with van der Waals surface area (Å²) in [5.74, 6) is 0.649. The van der Waals surface area contributed by atoms with Crippen molar-refractivity contribution < 1.29 is 0 Å². The topological polar surface area (TPSA) is 43.1 Å². The maximum atomic E-state index is 6.02. The SMILES string of the molecule is Clc1cccn2nc(-c3ccncc3)nc12. The van der Waals surface area contributed by atoms with Crippen LogP contribution in [0.25, 0.3) is 17.0 Å². The van der Waals surface area contributed by atoms with Gasteiger partial charge < -0.3 is 0 Å². The standard InChI is InChI=1S/C11H7ClN4/c12-9-2-1-7-16-11(9)14-10(15-16)8-3-5-13-6-4-8/h1-7H. The molecule has 0 N–H and O–H groups in total. The first-order chi connectivity index (χ1) is 7.84. The molecule has 3 aromatic heterocycles. The second kappa shape index (κ2) is 3.57. The zero-order chi connectivity index (χ0) is 11.0. The van der Waals surface area contributed by atoms with Crippen molar-refractivity contribution in [1.82, 2.24) is 19.6 Å². The third-order valence-electron chi connectivity index (χ3n) is 2.25. The van der Waals surface area contributed by atoms with Crippen LogP contribution in [-0.4, -0.2) is 19.6 Å². The van der Waals surface area contributed by atoms with E-state index in [1.807, 2.05) is 24.4 Å². The lowest BCUT2D eigenvalue weighted by molar-refractivity contribution is 0.965. The summed E-state index contributed by atoms with van der Waals surface area (Å²) in [7, 11) is 0. The Bertz CT molecular complexity index is 633. The minimum Gasteiger partial charge on any atom is -0.265 e. The number of aromatic nitrogens is 4. The Morgan fingerprint density at radius 3 is 2.69 bits per heavy atom. The minimum atomic E-state index is 0.593. The van der Waals surface area contributed by atoms with E-state index < -0.39 is 0 Å². The Hall–Kier alpha value is -1.94. The zero-order valence-electron chi connectivity index (χ0n) is 8.21. The summed E-state index contributed by atoms with van der Waals surface area (Å²) in [5, 5.41) is 4.93.